The van der Waals surface area contributed by atoms with Crippen LogP contribution in [0, 0.1) is 11.3 Å². The summed E-state index contributed by atoms with van der Waals surface area (Å²) in [5.41, 5.74) is 0.747. The first kappa shape index (κ1) is 13.9. The Kier molecular flexibility index (Phi) is 3.52. The fraction of sp³-hybridized carbons (Fsp3) is 0.571. The van der Waals surface area contributed by atoms with Gasteiger partial charge in [0.2, 0.25) is 0 Å². The van der Waals surface area contributed by atoms with Crippen LogP contribution < -0.4 is 0 Å². The molecule has 1 saturated carbocycles. The van der Waals surface area contributed by atoms with E-state index >= 15 is 0 Å². The van der Waals surface area contributed by atoms with Gasteiger partial charge in [0.1, 0.15) is 0 Å². The van der Waals surface area contributed by atoms with Crippen LogP contribution in [0.1, 0.15) is 31.4 Å². The minimum atomic E-state index is -4.25. The Morgan fingerprint density at radius 3 is 2.17 bits per heavy atom. The van der Waals surface area contributed by atoms with Crippen molar-refractivity contribution in [1.82, 2.24) is 0 Å². The standard InChI is InChI=1S/C14H16BrF3/c1-13(2)8-11(13)12(15)7-9-3-5-10(6-4-9)14(16,17)18/h3-6,11-12H,7-8H2,1-2H3. The van der Waals surface area contributed by atoms with Crippen LogP contribution in [-0.4, -0.2) is 4.83 Å². The first-order valence-electron chi connectivity index (χ1n) is 6.00. The van der Waals surface area contributed by atoms with Crippen LogP contribution in [0.2, 0.25) is 0 Å². The molecule has 2 atom stereocenters. The van der Waals surface area contributed by atoms with E-state index in [4.69, 9.17) is 0 Å². The van der Waals surface area contributed by atoms with Gasteiger partial charge in [-0.3, -0.25) is 0 Å². The summed E-state index contributed by atoms with van der Waals surface area (Å²) in [6.45, 7) is 4.44. The van der Waals surface area contributed by atoms with Crippen molar-refractivity contribution in [2.45, 2.75) is 37.7 Å². The lowest BCUT2D eigenvalue weighted by atomic mass is 10.0. The molecule has 0 nitrogen and oxygen atoms in total. The molecule has 0 aromatic heterocycles. The van der Waals surface area contributed by atoms with E-state index in [-0.39, 0.29) is 0 Å². The SMILES string of the molecule is CC1(C)CC1C(Br)Cc1ccc(C(F)(F)F)cc1. The fourth-order valence-corrected chi connectivity index (χ4v) is 3.60. The molecule has 4 heteroatoms. The number of benzene rings is 1. The Balaban J connectivity index is 1.99. The van der Waals surface area contributed by atoms with Crippen molar-refractivity contribution in [1.29, 1.82) is 0 Å². The molecule has 0 N–H and O–H groups in total. The van der Waals surface area contributed by atoms with Crippen LogP contribution in [0.3, 0.4) is 0 Å². The molecule has 1 aliphatic rings. The Labute approximate surface area is 114 Å². The highest BCUT2D eigenvalue weighted by atomic mass is 79.9. The van der Waals surface area contributed by atoms with Gasteiger partial charge in [-0.05, 0) is 41.9 Å². The van der Waals surface area contributed by atoms with Crippen molar-refractivity contribution in [3.63, 3.8) is 0 Å². The number of rotatable bonds is 3. The zero-order valence-corrected chi connectivity index (χ0v) is 12.0. The second-order valence-corrected chi connectivity index (χ2v) is 6.89. The molecule has 0 saturated heterocycles. The molecule has 18 heavy (non-hydrogen) atoms. The predicted octanol–water partition coefficient (Wildman–Crippen LogP) is 5.06. The monoisotopic (exact) mass is 320 g/mol. The van der Waals surface area contributed by atoms with E-state index in [9.17, 15) is 13.2 Å². The molecule has 2 rings (SSSR count). The molecule has 1 fully saturated rings. The zero-order valence-electron chi connectivity index (χ0n) is 10.4. The molecule has 0 heterocycles. The first-order chi connectivity index (χ1) is 8.20. The fourth-order valence-electron chi connectivity index (χ4n) is 2.32. The average Bonchev–Trinajstić information content (AvgIpc) is 2.87. The minimum Gasteiger partial charge on any atom is -0.166 e. The smallest absolute Gasteiger partial charge is 0.166 e. The van der Waals surface area contributed by atoms with Gasteiger partial charge < -0.3 is 0 Å². The predicted molar refractivity (Wildman–Crippen MR) is 69.8 cm³/mol. The summed E-state index contributed by atoms with van der Waals surface area (Å²) < 4.78 is 37.2. The molecule has 1 aromatic carbocycles. The van der Waals surface area contributed by atoms with Crippen LogP contribution in [0.25, 0.3) is 0 Å². The Hall–Kier alpha value is -0.510. The van der Waals surface area contributed by atoms with Crippen LogP contribution >= 0.6 is 15.9 Å². The summed E-state index contributed by atoms with van der Waals surface area (Å²) in [6.07, 6.45) is -2.28. The molecule has 0 bridgehead atoms. The minimum absolute atomic E-state index is 0.351. The molecular formula is C14H16BrF3. The average molecular weight is 321 g/mol. The lowest BCUT2D eigenvalue weighted by Crippen LogP contribution is -2.10. The van der Waals surface area contributed by atoms with Crippen molar-refractivity contribution in [2.24, 2.45) is 11.3 Å². The van der Waals surface area contributed by atoms with E-state index in [1.165, 1.54) is 6.42 Å². The van der Waals surface area contributed by atoms with Gasteiger partial charge in [0.25, 0.3) is 0 Å². The molecule has 0 radical (unpaired) electrons. The third-order valence-electron chi connectivity index (χ3n) is 3.74. The van der Waals surface area contributed by atoms with Gasteiger partial charge in [0, 0.05) is 4.83 Å². The Morgan fingerprint density at radius 2 is 1.78 bits per heavy atom. The van der Waals surface area contributed by atoms with Crippen LogP contribution in [0.4, 0.5) is 13.2 Å². The van der Waals surface area contributed by atoms with Crippen molar-refractivity contribution in [3.8, 4) is 0 Å². The summed E-state index contributed by atoms with van der Waals surface area (Å²) >= 11 is 3.65. The summed E-state index contributed by atoms with van der Waals surface area (Å²) in [5.74, 6) is 0.625. The molecule has 100 valence electrons. The van der Waals surface area contributed by atoms with Gasteiger partial charge in [-0.15, -0.1) is 0 Å². The van der Waals surface area contributed by atoms with Crippen LogP contribution in [0.5, 0.6) is 0 Å². The van der Waals surface area contributed by atoms with Gasteiger partial charge in [-0.2, -0.15) is 13.2 Å². The number of alkyl halides is 4. The van der Waals surface area contributed by atoms with Crippen molar-refractivity contribution >= 4 is 15.9 Å². The molecule has 0 amide bonds. The third-order valence-corrected chi connectivity index (χ3v) is 4.70. The molecule has 0 aliphatic heterocycles. The Morgan fingerprint density at radius 1 is 1.28 bits per heavy atom. The zero-order chi connectivity index (χ0) is 13.6. The number of halogens is 4. The molecule has 1 aliphatic carbocycles. The van der Waals surface area contributed by atoms with Gasteiger partial charge in [-0.1, -0.05) is 41.9 Å². The molecule has 0 spiro atoms. The summed E-state index contributed by atoms with van der Waals surface area (Å²) in [4.78, 5) is 0.351. The number of hydrogen-bond donors (Lipinski definition) is 0. The quantitative estimate of drug-likeness (QED) is 0.683. The summed E-state index contributed by atoms with van der Waals surface area (Å²) in [6, 6.07) is 5.47. The van der Waals surface area contributed by atoms with Gasteiger partial charge >= 0.3 is 6.18 Å². The van der Waals surface area contributed by atoms with Crippen molar-refractivity contribution < 1.29 is 13.2 Å². The molecule has 1 aromatic rings. The van der Waals surface area contributed by atoms with Gasteiger partial charge in [0.05, 0.1) is 5.56 Å². The van der Waals surface area contributed by atoms with Crippen LogP contribution in [0.15, 0.2) is 24.3 Å². The summed E-state index contributed by atoms with van der Waals surface area (Å²) in [7, 11) is 0. The van der Waals surface area contributed by atoms with E-state index in [1.54, 1.807) is 12.1 Å². The highest BCUT2D eigenvalue weighted by molar-refractivity contribution is 9.09. The van der Waals surface area contributed by atoms with E-state index in [2.05, 4.69) is 29.8 Å². The Bertz CT molecular complexity index is 420. The lowest BCUT2D eigenvalue weighted by molar-refractivity contribution is -0.137. The van der Waals surface area contributed by atoms with Crippen molar-refractivity contribution in [3.05, 3.63) is 35.4 Å². The molecule has 2 unspecified atom stereocenters. The van der Waals surface area contributed by atoms with Gasteiger partial charge in [-0.25, -0.2) is 0 Å². The second kappa shape index (κ2) is 4.55. The lowest BCUT2D eigenvalue weighted by Gasteiger charge is -2.12. The van der Waals surface area contributed by atoms with E-state index in [1.807, 2.05) is 0 Å². The van der Waals surface area contributed by atoms with E-state index < -0.39 is 11.7 Å². The summed E-state index contributed by atoms with van der Waals surface area (Å²) in [5, 5.41) is 0. The highest BCUT2D eigenvalue weighted by Crippen LogP contribution is 2.55. The molecular weight excluding hydrogens is 305 g/mol. The largest absolute Gasteiger partial charge is 0.416 e. The third kappa shape index (κ3) is 3.08. The second-order valence-electron chi connectivity index (χ2n) is 5.71. The highest BCUT2D eigenvalue weighted by Gasteiger charge is 2.49. The van der Waals surface area contributed by atoms with Gasteiger partial charge in [0.15, 0.2) is 0 Å². The van der Waals surface area contributed by atoms with E-state index in [0.29, 0.717) is 16.2 Å². The van der Waals surface area contributed by atoms with Crippen LogP contribution in [-0.2, 0) is 12.6 Å². The number of hydrogen-bond acceptors (Lipinski definition) is 0. The van der Waals surface area contributed by atoms with E-state index in [0.717, 1.165) is 24.1 Å². The van der Waals surface area contributed by atoms with Crippen molar-refractivity contribution in [2.75, 3.05) is 0 Å². The normalized spacial score (nSPS) is 23.8. The maximum atomic E-state index is 12.4. The topological polar surface area (TPSA) is 0 Å². The maximum absolute atomic E-state index is 12.4. The first-order valence-corrected chi connectivity index (χ1v) is 6.92. The maximum Gasteiger partial charge on any atom is 0.416 e.